The van der Waals surface area contributed by atoms with Gasteiger partial charge in [-0.05, 0) is 92.3 Å². The van der Waals surface area contributed by atoms with Crippen molar-refractivity contribution < 1.29 is 23.7 Å². The molecule has 8 nitrogen and oxygen atoms in total. The quantitative estimate of drug-likeness (QED) is 0.0631. The summed E-state index contributed by atoms with van der Waals surface area (Å²) in [4.78, 5) is 18.2. The van der Waals surface area contributed by atoms with Crippen LogP contribution in [-0.4, -0.2) is 47.2 Å². The molecule has 2 aliphatic rings. The zero-order chi connectivity index (χ0) is 37.7. The number of nitrogens with one attached hydrogen (secondary N) is 1. The number of benzene rings is 4. The molecule has 0 amide bonds. The van der Waals surface area contributed by atoms with Crippen LogP contribution >= 0.6 is 23.4 Å². The maximum atomic E-state index is 13.5. The highest BCUT2D eigenvalue weighted by molar-refractivity contribution is 7.98. The average molecular weight is 778 g/mol. The lowest BCUT2D eigenvalue weighted by atomic mass is 9.96. The van der Waals surface area contributed by atoms with E-state index in [0.29, 0.717) is 36.8 Å². The predicted octanol–water partition coefficient (Wildman–Crippen LogP) is 11.1. The summed E-state index contributed by atoms with van der Waals surface area (Å²) in [5.41, 5.74) is 7.44. The molecule has 286 valence electrons. The van der Waals surface area contributed by atoms with E-state index >= 15 is 0 Å². The molecular weight excluding hydrogens is 730 g/mol. The van der Waals surface area contributed by atoms with Crippen molar-refractivity contribution in [3.63, 3.8) is 0 Å². The van der Waals surface area contributed by atoms with Gasteiger partial charge in [-0.1, -0.05) is 73.3 Å². The molecule has 1 aliphatic carbocycles. The lowest BCUT2D eigenvalue weighted by molar-refractivity contribution is 0.0152. The van der Waals surface area contributed by atoms with Crippen molar-refractivity contribution in [2.24, 2.45) is 0 Å². The Bertz CT molecular complexity index is 2290. The SMILES string of the molecule is CCOC(=O)c1[nH]c2c(-c3c(COC4CCCCC4)nn4c3CCC4)c(Cl)ccc2c1CCCOc1cc(SCc2ccc(OC)cc2)cc2ccccc12. The van der Waals surface area contributed by atoms with E-state index < -0.39 is 0 Å². The second kappa shape index (κ2) is 17.1. The number of esters is 1. The first-order chi connectivity index (χ1) is 27.0. The van der Waals surface area contributed by atoms with Gasteiger partial charge in [0.25, 0.3) is 0 Å². The molecule has 0 bridgehead atoms. The number of nitrogens with zero attached hydrogens (tertiary/aromatic N) is 2. The molecule has 0 unspecified atom stereocenters. The summed E-state index contributed by atoms with van der Waals surface area (Å²) in [6.45, 7) is 3.91. The Balaban J connectivity index is 1.05. The van der Waals surface area contributed by atoms with Crippen LogP contribution in [0.5, 0.6) is 11.5 Å². The topological polar surface area (TPSA) is 87.6 Å². The van der Waals surface area contributed by atoms with Crippen molar-refractivity contribution in [2.75, 3.05) is 20.3 Å². The minimum absolute atomic E-state index is 0.262. The fraction of sp³-hybridized carbons (Fsp3) is 0.378. The Morgan fingerprint density at radius 3 is 2.64 bits per heavy atom. The Morgan fingerprint density at radius 2 is 1.82 bits per heavy atom. The lowest BCUT2D eigenvalue weighted by Gasteiger charge is -2.22. The van der Waals surface area contributed by atoms with Crippen molar-refractivity contribution >= 4 is 51.0 Å². The van der Waals surface area contributed by atoms with Crippen molar-refractivity contribution in [1.82, 2.24) is 14.8 Å². The summed E-state index contributed by atoms with van der Waals surface area (Å²) in [6.07, 6.45) is 9.42. The molecule has 10 heteroatoms. The van der Waals surface area contributed by atoms with E-state index in [-0.39, 0.29) is 18.7 Å². The number of carbonyl (C=O) groups is 1. The molecule has 2 aromatic heterocycles. The van der Waals surface area contributed by atoms with E-state index in [1.807, 2.05) is 37.3 Å². The first-order valence-electron chi connectivity index (χ1n) is 19.6. The van der Waals surface area contributed by atoms with Gasteiger partial charge in [-0.25, -0.2) is 4.79 Å². The second-order valence-corrected chi connectivity index (χ2v) is 15.9. The van der Waals surface area contributed by atoms with Gasteiger partial charge in [-0.2, -0.15) is 5.10 Å². The lowest BCUT2D eigenvalue weighted by Crippen LogP contribution is -2.16. The van der Waals surface area contributed by atoms with Gasteiger partial charge in [-0.3, -0.25) is 4.68 Å². The summed E-state index contributed by atoms with van der Waals surface area (Å²) in [5, 5.41) is 8.84. The largest absolute Gasteiger partial charge is 0.497 e. The Morgan fingerprint density at radius 1 is 0.982 bits per heavy atom. The van der Waals surface area contributed by atoms with Crippen LogP contribution < -0.4 is 9.47 Å². The van der Waals surface area contributed by atoms with Crippen molar-refractivity contribution in [3.8, 4) is 22.6 Å². The number of thioether (sulfide) groups is 1. The molecule has 0 radical (unpaired) electrons. The third kappa shape index (κ3) is 8.11. The van der Waals surface area contributed by atoms with Crippen molar-refractivity contribution in [1.29, 1.82) is 0 Å². The number of carbonyl (C=O) groups excluding carboxylic acids is 1. The number of rotatable bonds is 15. The average Bonchev–Trinajstić information content (AvgIpc) is 3.92. The first-order valence-corrected chi connectivity index (χ1v) is 21.0. The molecule has 0 saturated heterocycles. The number of hydrogen-bond acceptors (Lipinski definition) is 7. The van der Waals surface area contributed by atoms with Gasteiger partial charge in [0.2, 0.25) is 0 Å². The van der Waals surface area contributed by atoms with Gasteiger partial charge < -0.3 is 23.9 Å². The number of aromatic nitrogens is 3. The maximum absolute atomic E-state index is 13.5. The minimum Gasteiger partial charge on any atom is -0.497 e. The minimum atomic E-state index is -0.370. The number of aryl methyl sites for hydroxylation is 2. The van der Waals surface area contributed by atoms with Gasteiger partial charge >= 0.3 is 5.97 Å². The second-order valence-electron chi connectivity index (χ2n) is 14.4. The molecule has 55 heavy (non-hydrogen) atoms. The first kappa shape index (κ1) is 37.5. The molecule has 1 saturated carbocycles. The number of ether oxygens (including phenoxy) is 4. The van der Waals surface area contributed by atoms with E-state index in [4.69, 9.17) is 35.6 Å². The highest BCUT2D eigenvalue weighted by Crippen LogP contribution is 2.43. The van der Waals surface area contributed by atoms with Crippen LogP contribution in [0.2, 0.25) is 5.02 Å². The molecular formula is C45H48ClN3O5S. The van der Waals surface area contributed by atoms with Crippen LogP contribution in [0, 0.1) is 0 Å². The highest BCUT2D eigenvalue weighted by atomic mass is 35.5. The van der Waals surface area contributed by atoms with Crippen LogP contribution in [0.25, 0.3) is 32.8 Å². The van der Waals surface area contributed by atoms with Crippen molar-refractivity contribution in [3.05, 3.63) is 106 Å². The van der Waals surface area contributed by atoms with Crippen molar-refractivity contribution in [2.45, 2.75) is 94.6 Å². The molecule has 4 aromatic carbocycles. The Kier molecular flexibility index (Phi) is 11.7. The molecule has 1 aliphatic heterocycles. The van der Waals surface area contributed by atoms with Gasteiger partial charge in [0, 0.05) is 44.8 Å². The third-order valence-corrected chi connectivity index (χ3v) is 12.2. The molecule has 1 fully saturated rings. The van der Waals surface area contributed by atoms with E-state index in [1.54, 1.807) is 18.9 Å². The van der Waals surface area contributed by atoms with Crippen LogP contribution in [0.15, 0.2) is 77.7 Å². The summed E-state index contributed by atoms with van der Waals surface area (Å²) in [5.74, 6) is 2.17. The smallest absolute Gasteiger partial charge is 0.355 e. The molecule has 0 atom stereocenters. The molecule has 6 aromatic rings. The van der Waals surface area contributed by atoms with E-state index in [2.05, 4.69) is 52.1 Å². The molecule has 3 heterocycles. The van der Waals surface area contributed by atoms with Crippen LogP contribution in [-0.2, 0) is 41.2 Å². The maximum Gasteiger partial charge on any atom is 0.355 e. The number of hydrogen-bond donors (Lipinski definition) is 1. The summed E-state index contributed by atoms with van der Waals surface area (Å²) >= 11 is 8.89. The number of aromatic amines is 1. The fourth-order valence-electron chi connectivity index (χ4n) is 8.15. The summed E-state index contributed by atoms with van der Waals surface area (Å²) in [6, 6.07) is 24.9. The number of fused-ring (bicyclic) bond motifs is 3. The Hall–Kier alpha value is -4.44. The fourth-order valence-corrected chi connectivity index (χ4v) is 9.33. The molecule has 1 N–H and O–H groups in total. The van der Waals surface area contributed by atoms with Crippen LogP contribution in [0.1, 0.15) is 84.9 Å². The van der Waals surface area contributed by atoms with Gasteiger partial charge in [0.15, 0.2) is 0 Å². The van der Waals surface area contributed by atoms with E-state index in [1.165, 1.54) is 30.5 Å². The van der Waals surface area contributed by atoms with Gasteiger partial charge in [0.1, 0.15) is 17.2 Å². The standard InChI is InChI=1S/C45H48ClN3O5S/c1-3-52-45(50)44-35(15-10-24-53-40-26-33(25-30-11-7-8-14-34(30)40)55-28-29-17-19-31(51-2)20-18-29)36-21-22-37(46)41(43(36)47-44)42-38(48-49-23-9-16-39(42)49)27-54-32-12-5-4-6-13-32/h7-8,11,14,17-22,25-26,32,47H,3-6,9-10,12-13,15-16,23-24,27-28H2,1-2H3. The normalized spacial score (nSPS) is 14.5. The summed E-state index contributed by atoms with van der Waals surface area (Å²) in [7, 11) is 1.68. The Labute approximate surface area is 331 Å². The van der Waals surface area contributed by atoms with Gasteiger partial charge in [0.05, 0.1) is 49.3 Å². The van der Waals surface area contributed by atoms with Crippen LogP contribution in [0.4, 0.5) is 0 Å². The zero-order valence-electron chi connectivity index (χ0n) is 31.6. The van der Waals surface area contributed by atoms with E-state index in [0.717, 1.165) is 98.4 Å². The predicted molar refractivity (Wildman–Crippen MR) is 221 cm³/mol. The van der Waals surface area contributed by atoms with Gasteiger partial charge in [-0.15, -0.1) is 11.8 Å². The van der Waals surface area contributed by atoms with E-state index in [9.17, 15) is 4.79 Å². The summed E-state index contributed by atoms with van der Waals surface area (Å²) < 4.78 is 26.0. The monoisotopic (exact) mass is 777 g/mol. The third-order valence-electron chi connectivity index (χ3n) is 10.9. The highest BCUT2D eigenvalue weighted by Gasteiger charge is 2.29. The zero-order valence-corrected chi connectivity index (χ0v) is 33.2. The van der Waals surface area contributed by atoms with Crippen LogP contribution in [0.3, 0.4) is 0 Å². The molecule has 0 spiro atoms. The number of methoxy groups -OCH3 is 1. The molecule has 8 rings (SSSR count). The number of H-pyrrole nitrogens is 1. The number of halogens is 1.